The maximum atomic E-state index is 14.5. The van der Waals surface area contributed by atoms with Gasteiger partial charge in [-0.05, 0) is 36.4 Å². The average Bonchev–Trinajstić information content (AvgIpc) is 3.08. The van der Waals surface area contributed by atoms with Crippen LogP contribution < -0.4 is 5.73 Å². The monoisotopic (exact) mass is 440 g/mol. The van der Waals surface area contributed by atoms with Gasteiger partial charge in [0.1, 0.15) is 11.3 Å². The number of nitrogen functional groups attached to an aromatic ring is 1. The first-order valence-corrected chi connectivity index (χ1v) is 10.4. The van der Waals surface area contributed by atoms with Crippen LogP contribution in [-0.4, -0.2) is 38.3 Å². The molecule has 0 bridgehead atoms. The van der Waals surface area contributed by atoms with Gasteiger partial charge in [0.2, 0.25) is 0 Å². The molecule has 0 saturated heterocycles. The Hall–Kier alpha value is -2.49. The number of methoxy groups -OCH3 is 1. The number of H-pyrrole nitrogens is 1. The number of aromatic nitrogens is 2. The molecule has 0 saturated carbocycles. The molecule has 3 aromatic rings. The minimum absolute atomic E-state index is 0.145. The number of nitrogens with zero attached hydrogens (tertiary/aromatic N) is 1. The zero-order chi connectivity index (χ0) is 21.6. The maximum absolute atomic E-state index is 14.5. The number of aromatic amines is 1. The lowest BCUT2D eigenvalue weighted by Crippen LogP contribution is -2.09. The van der Waals surface area contributed by atoms with Gasteiger partial charge in [-0.2, -0.15) is 5.10 Å². The number of ether oxygens (including phenoxy) is 1. The molecule has 1 heterocycles. The van der Waals surface area contributed by atoms with Crippen molar-refractivity contribution < 1.29 is 22.7 Å². The number of carbonyl (C=O) groups excluding carboxylic acids is 1. The highest BCUT2D eigenvalue weighted by molar-refractivity contribution is 7.78. The summed E-state index contributed by atoms with van der Waals surface area (Å²) in [6, 6.07) is 9.93. The molecular weight excluding hydrogens is 421 g/mol. The lowest BCUT2D eigenvalue weighted by Gasteiger charge is -2.17. The quantitative estimate of drug-likeness (QED) is 0.355. The molecule has 0 amide bonds. The van der Waals surface area contributed by atoms with E-state index in [4.69, 9.17) is 30.8 Å². The third-order valence-corrected chi connectivity index (χ3v) is 4.43. The second kappa shape index (κ2) is 10.3. The van der Waals surface area contributed by atoms with Crippen LogP contribution in [0.3, 0.4) is 0 Å². The van der Waals surface area contributed by atoms with Crippen molar-refractivity contribution in [3.05, 3.63) is 58.5 Å². The second-order valence-corrected chi connectivity index (χ2v) is 7.35. The number of nitrogens with one attached hydrogen (secondary N) is 1. The third-order valence-electron chi connectivity index (χ3n) is 4.20. The SMILES string of the molecule is COC(=O)CCC(c1ccc(Cl)cc1F)c1[nH]nc2c(N)cccc12.CS(=O)[O-]. The van der Waals surface area contributed by atoms with Crippen molar-refractivity contribution in [1.82, 2.24) is 10.2 Å². The number of fused-ring (bicyclic) bond motifs is 1. The van der Waals surface area contributed by atoms with E-state index in [9.17, 15) is 9.18 Å². The van der Waals surface area contributed by atoms with Gasteiger partial charge in [0.15, 0.2) is 0 Å². The Morgan fingerprint density at radius 2 is 2.10 bits per heavy atom. The zero-order valence-electron chi connectivity index (χ0n) is 15.8. The predicted molar refractivity (Wildman–Crippen MR) is 110 cm³/mol. The Morgan fingerprint density at radius 1 is 1.41 bits per heavy atom. The van der Waals surface area contributed by atoms with E-state index in [1.54, 1.807) is 18.2 Å². The van der Waals surface area contributed by atoms with Gasteiger partial charge in [0, 0.05) is 22.7 Å². The summed E-state index contributed by atoms with van der Waals surface area (Å²) < 4.78 is 37.2. The van der Waals surface area contributed by atoms with Crippen molar-refractivity contribution >= 4 is 45.2 Å². The summed E-state index contributed by atoms with van der Waals surface area (Å²) in [6.45, 7) is 0. The van der Waals surface area contributed by atoms with E-state index in [1.807, 2.05) is 12.1 Å². The lowest BCUT2D eigenvalue weighted by atomic mass is 9.89. The summed E-state index contributed by atoms with van der Waals surface area (Å²) in [5.41, 5.74) is 8.24. The summed E-state index contributed by atoms with van der Waals surface area (Å²) in [4.78, 5) is 11.6. The van der Waals surface area contributed by atoms with Gasteiger partial charge < -0.3 is 15.0 Å². The van der Waals surface area contributed by atoms with Crippen molar-refractivity contribution in [3.63, 3.8) is 0 Å². The minimum Gasteiger partial charge on any atom is -0.773 e. The smallest absolute Gasteiger partial charge is 0.305 e. The average molecular weight is 441 g/mol. The van der Waals surface area contributed by atoms with Crippen LogP contribution in [0.2, 0.25) is 5.02 Å². The first-order chi connectivity index (χ1) is 13.7. The van der Waals surface area contributed by atoms with E-state index in [0.717, 1.165) is 11.6 Å². The number of hydrogen-bond acceptors (Lipinski definition) is 6. The molecule has 3 N–H and O–H groups in total. The van der Waals surface area contributed by atoms with E-state index >= 15 is 0 Å². The van der Waals surface area contributed by atoms with Crippen molar-refractivity contribution in [1.29, 1.82) is 0 Å². The molecule has 2 unspecified atom stereocenters. The van der Waals surface area contributed by atoms with Crippen LogP contribution in [0, 0.1) is 5.82 Å². The molecule has 2 aromatic carbocycles. The van der Waals surface area contributed by atoms with Crippen LogP contribution in [0.5, 0.6) is 0 Å². The fourth-order valence-electron chi connectivity index (χ4n) is 2.95. The van der Waals surface area contributed by atoms with Crippen LogP contribution >= 0.6 is 11.6 Å². The van der Waals surface area contributed by atoms with Crippen molar-refractivity contribution in [2.45, 2.75) is 18.8 Å². The number of nitrogens with two attached hydrogens (primary N) is 1. The number of para-hydroxylation sites is 1. The Morgan fingerprint density at radius 3 is 2.72 bits per heavy atom. The third kappa shape index (κ3) is 5.99. The molecule has 3 rings (SSSR count). The van der Waals surface area contributed by atoms with Crippen molar-refractivity contribution in [2.75, 3.05) is 19.1 Å². The molecule has 10 heteroatoms. The maximum Gasteiger partial charge on any atom is 0.305 e. The molecule has 0 aliphatic rings. The van der Waals surface area contributed by atoms with Crippen LogP contribution in [0.4, 0.5) is 10.1 Å². The topological polar surface area (TPSA) is 121 Å². The van der Waals surface area contributed by atoms with E-state index in [-0.39, 0.29) is 12.4 Å². The van der Waals surface area contributed by atoms with Crippen LogP contribution in [0.25, 0.3) is 10.9 Å². The molecule has 156 valence electrons. The predicted octanol–water partition coefficient (Wildman–Crippen LogP) is 3.52. The molecule has 7 nitrogen and oxygen atoms in total. The van der Waals surface area contributed by atoms with E-state index in [2.05, 4.69) is 10.2 Å². The lowest BCUT2D eigenvalue weighted by molar-refractivity contribution is -0.140. The number of halogens is 2. The highest BCUT2D eigenvalue weighted by atomic mass is 35.5. The Bertz CT molecular complexity index is 1020. The van der Waals surface area contributed by atoms with Crippen LogP contribution in [0.15, 0.2) is 36.4 Å². The molecule has 2 atom stereocenters. The molecule has 0 fully saturated rings. The van der Waals surface area contributed by atoms with Crippen LogP contribution in [-0.2, 0) is 20.6 Å². The highest BCUT2D eigenvalue weighted by Crippen LogP contribution is 2.36. The fraction of sp³-hybridized carbons (Fsp3) is 0.263. The number of esters is 1. The molecule has 1 aromatic heterocycles. The van der Waals surface area contributed by atoms with Gasteiger partial charge in [0.05, 0.1) is 18.5 Å². The summed E-state index contributed by atoms with van der Waals surface area (Å²) >= 11 is 4.00. The number of carbonyl (C=O) groups is 1. The Kier molecular flexibility index (Phi) is 8.12. The zero-order valence-corrected chi connectivity index (χ0v) is 17.3. The van der Waals surface area contributed by atoms with Gasteiger partial charge in [0.25, 0.3) is 0 Å². The number of hydrogen-bond donors (Lipinski definition) is 2. The molecule has 0 aliphatic carbocycles. The van der Waals surface area contributed by atoms with Gasteiger partial charge in [-0.15, -0.1) is 0 Å². The number of rotatable bonds is 5. The Balaban J connectivity index is 0.000000687. The largest absolute Gasteiger partial charge is 0.773 e. The molecule has 29 heavy (non-hydrogen) atoms. The normalized spacial score (nSPS) is 12.7. The summed E-state index contributed by atoms with van der Waals surface area (Å²) in [7, 11) is 1.33. The number of benzene rings is 2. The van der Waals surface area contributed by atoms with Crippen molar-refractivity contribution in [2.24, 2.45) is 0 Å². The standard InChI is InChI=1S/C18H17ClFN3O2.CH4O2S/c1-25-16(24)8-7-12(11-6-5-10(19)9-14(11)20)17-13-3-2-4-15(21)18(13)23-22-17;1-4(2)3/h2-6,9,12H,7-8,21H2,1H3,(H,22,23);1H3,(H,2,3)/p-1. The van der Waals surface area contributed by atoms with Gasteiger partial charge in [-0.3, -0.25) is 14.1 Å². The highest BCUT2D eigenvalue weighted by Gasteiger charge is 2.24. The molecular formula is C19H20ClFN3O4S-. The van der Waals surface area contributed by atoms with Crippen molar-refractivity contribution in [3.8, 4) is 0 Å². The summed E-state index contributed by atoms with van der Waals surface area (Å²) in [5, 5.41) is 8.31. The van der Waals surface area contributed by atoms with Crippen LogP contribution in [0.1, 0.15) is 30.0 Å². The fourth-order valence-corrected chi connectivity index (χ4v) is 3.11. The Labute approximate surface area is 174 Å². The number of anilines is 1. The minimum atomic E-state index is -1.86. The van der Waals surface area contributed by atoms with Gasteiger partial charge in [-0.1, -0.05) is 40.9 Å². The van der Waals surface area contributed by atoms with E-state index in [0.29, 0.717) is 33.9 Å². The summed E-state index contributed by atoms with van der Waals surface area (Å²) in [6.07, 6.45) is 1.59. The molecule has 0 radical (unpaired) electrons. The second-order valence-electron chi connectivity index (χ2n) is 6.12. The molecule has 0 spiro atoms. The van der Waals surface area contributed by atoms with Gasteiger partial charge >= 0.3 is 5.97 Å². The van der Waals surface area contributed by atoms with Gasteiger partial charge in [-0.25, -0.2) is 4.39 Å². The molecule has 0 aliphatic heterocycles. The first-order valence-electron chi connectivity index (χ1n) is 8.49. The van der Waals surface area contributed by atoms with E-state index < -0.39 is 22.8 Å². The first kappa shape index (κ1) is 22.8. The summed E-state index contributed by atoms with van der Waals surface area (Å²) in [5.74, 6) is -1.21. The van der Waals surface area contributed by atoms with E-state index in [1.165, 1.54) is 13.2 Å².